The smallest absolute Gasteiger partial charge is 0.343 e. The lowest BCUT2D eigenvalue weighted by atomic mass is 10.3. The molecule has 28 heavy (non-hydrogen) atoms. The van der Waals surface area contributed by atoms with E-state index in [1.54, 1.807) is 48.5 Å². The van der Waals surface area contributed by atoms with E-state index in [1.165, 1.54) is 14.2 Å². The number of amides is 2. The Morgan fingerprint density at radius 2 is 1.11 bits per heavy atom. The highest BCUT2D eigenvalue weighted by Crippen LogP contribution is 2.26. The van der Waals surface area contributed by atoms with Crippen LogP contribution in [0.15, 0.2) is 48.5 Å². The number of nitrogens with one attached hydrogen (secondary N) is 2. The van der Waals surface area contributed by atoms with Crippen LogP contribution >= 0.6 is 0 Å². The highest BCUT2D eigenvalue weighted by molar-refractivity contribution is 6.01. The van der Waals surface area contributed by atoms with Crippen LogP contribution in [0, 0.1) is 0 Å². The van der Waals surface area contributed by atoms with Crippen molar-refractivity contribution < 1.29 is 33.3 Å². The third kappa shape index (κ3) is 6.20. The maximum Gasteiger partial charge on any atom is 0.343 e. The predicted molar refractivity (Wildman–Crippen MR) is 101 cm³/mol. The highest BCUT2D eigenvalue weighted by Gasteiger charge is 2.12. The van der Waals surface area contributed by atoms with E-state index < -0.39 is 18.0 Å². The van der Waals surface area contributed by atoms with Crippen LogP contribution < -0.4 is 20.1 Å². The fourth-order valence-electron chi connectivity index (χ4n) is 2.06. The number of hydrogen-bond acceptors (Lipinski definition) is 7. The number of para-hydroxylation sites is 4. The molecule has 0 unspecified atom stereocenters. The largest absolute Gasteiger partial charge is 0.480 e. The zero-order valence-corrected chi connectivity index (χ0v) is 15.4. The van der Waals surface area contributed by atoms with E-state index in [4.69, 9.17) is 9.47 Å². The molecule has 148 valence electrons. The summed E-state index contributed by atoms with van der Waals surface area (Å²) >= 11 is 0. The fourth-order valence-corrected chi connectivity index (χ4v) is 2.06. The Morgan fingerprint density at radius 3 is 1.50 bits per heavy atom. The van der Waals surface area contributed by atoms with E-state index in [2.05, 4.69) is 20.1 Å². The zero-order chi connectivity index (χ0) is 20.4. The molecule has 0 fully saturated rings. The quantitative estimate of drug-likeness (QED) is 0.668. The number of urea groups is 1. The van der Waals surface area contributed by atoms with Crippen LogP contribution in [-0.4, -0.2) is 45.4 Å². The van der Waals surface area contributed by atoms with Crippen molar-refractivity contribution in [2.24, 2.45) is 0 Å². The summed E-state index contributed by atoms with van der Waals surface area (Å²) in [5.74, 6) is -0.483. The minimum Gasteiger partial charge on any atom is -0.480 e. The molecule has 2 rings (SSSR count). The van der Waals surface area contributed by atoms with E-state index in [1.807, 2.05) is 0 Å². The van der Waals surface area contributed by atoms with Crippen molar-refractivity contribution in [1.82, 2.24) is 0 Å². The molecule has 0 atom stereocenters. The lowest BCUT2D eigenvalue weighted by Gasteiger charge is -2.14. The summed E-state index contributed by atoms with van der Waals surface area (Å²) in [5.41, 5.74) is 0.716. The summed E-state index contributed by atoms with van der Waals surface area (Å²) in [5, 5.41) is 5.26. The van der Waals surface area contributed by atoms with Gasteiger partial charge in [0.15, 0.2) is 13.2 Å². The van der Waals surface area contributed by atoms with Gasteiger partial charge in [-0.3, -0.25) is 0 Å². The Balaban J connectivity index is 2.03. The Bertz CT molecular complexity index is 771. The van der Waals surface area contributed by atoms with Gasteiger partial charge in [0.25, 0.3) is 0 Å². The first-order valence-corrected chi connectivity index (χ1v) is 8.18. The number of esters is 2. The normalized spacial score (nSPS) is 9.79. The Morgan fingerprint density at radius 1 is 0.714 bits per heavy atom. The zero-order valence-electron chi connectivity index (χ0n) is 15.4. The summed E-state index contributed by atoms with van der Waals surface area (Å²) in [7, 11) is 2.51. The molecule has 0 saturated heterocycles. The van der Waals surface area contributed by atoms with Gasteiger partial charge in [-0.2, -0.15) is 0 Å². The molecule has 0 aliphatic rings. The average molecular weight is 388 g/mol. The molecule has 0 aromatic heterocycles. The topological polar surface area (TPSA) is 112 Å². The number of benzene rings is 2. The third-order valence-corrected chi connectivity index (χ3v) is 3.42. The number of hydrogen-bond donors (Lipinski definition) is 2. The first-order chi connectivity index (χ1) is 13.5. The number of ether oxygens (including phenoxy) is 4. The molecule has 0 radical (unpaired) electrons. The number of carbonyl (C=O) groups is 3. The summed E-state index contributed by atoms with van der Waals surface area (Å²) in [6.45, 7) is -0.581. The van der Waals surface area contributed by atoms with Crippen LogP contribution in [0.4, 0.5) is 16.2 Å². The molecule has 0 aliphatic carbocycles. The summed E-state index contributed by atoms with van der Waals surface area (Å²) in [6, 6.07) is 12.7. The van der Waals surface area contributed by atoms with Crippen LogP contribution in [0.3, 0.4) is 0 Å². The molecule has 2 amide bonds. The van der Waals surface area contributed by atoms with Crippen LogP contribution in [0.25, 0.3) is 0 Å². The van der Waals surface area contributed by atoms with Crippen molar-refractivity contribution in [2.45, 2.75) is 0 Å². The maximum absolute atomic E-state index is 12.4. The number of rotatable bonds is 8. The number of carbonyl (C=O) groups excluding carboxylic acids is 3. The molecule has 0 aliphatic heterocycles. The third-order valence-electron chi connectivity index (χ3n) is 3.42. The maximum atomic E-state index is 12.4. The Labute approximate surface area is 161 Å². The minimum atomic E-state index is -0.566. The van der Waals surface area contributed by atoms with E-state index in [9.17, 15) is 14.4 Å². The van der Waals surface area contributed by atoms with Crippen molar-refractivity contribution in [2.75, 3.05) is 38.1 Å². The second-order valence-electron chi connectivity index (χ2n) is 5.30. The van der Waals surface area contributed by atoms with Crippen LogP contribution in [0.2, 0.25) is 0 Å². The van der Waals surface area contributed by atoms with Crippen molar-refractivity contribution in [1.29, 1.82) is 0 Å². The molecule has 0 saturated carbocycles. The number of anilines is 2. The van der Waals surface area contributed by atoms with Crippen molar-refractivity contribution in [3.05, 3.63) is 48.5 Å². The van der Waals surface area contributed by atoms with E-state index >= 15 is 0 Å². The first-order valence-electron chi connectivity index (χ1n) is 8.18. The standard InChI is InChI=1S/C19H20N2O7/c1-25-17(22)11-27-15-9-5-3-7-13(15)20-19(24)21-14-8-4-6-10-16(14)28-12-18(23)26-2/h3-10H,11-12H2,1-2H3,(H2,20,21,24). The van der Waals surface area contributed by atoms with Crippen LogP contribution in [0.5, 0.6) is 11.5 Å². The molecule has 0 bridgehead atoms. The molecule has 2 aromatic carbocycles. The second kappa shape index (κ2) is 10.4. The molecule has 0 heterocycles. The van der Waals surface area contributed by atoms with Gasteiger partial charge in [-0.25, -0.2) is 14.4 Å². The van der Waals surface area contributed by atoms with Gasteiger partial charge in [-0.05, 0) is 24.3 Å². The van der Waals surface area contributed by atoms with Crippen LogP contribution in [-0.2, 0) is 19.1 Å². The van der Waals surface area contributed by atoms with Gasteiger partial charge in [0, 0.05) is 0 Å². The lowest BCUT2D eigenvalue weighted by Crippen LogP contribution is -2.21. The SMILES string of the molecule is COC(=O)COc1ccccc1NC(=O)Nc1ccccc1OCC(=O)OC. The van der Waals surface area contributed by atoms with E-state index in [-0.39, 0.29) is 13.2 Å². The minimum absolute atomic E-state index is 0.291. The van der Waals surface area contributed by atoms with E-state index in [0.717, 1.165) is 0 Å². The molecular weight excluding hydrogens is 368 g/mol. The highest BCUT2D eigenvalue weighted by atomic mass is 16.6. The first kappa shape index (κ1) is 20.6. The van der Waals surface area contributed by atoms with Gasteiger partial charge >= 0.3 is 18.0 Å². The lowest BCUT2D eigenvalue weighted by molar-refractivity contribution is -0.143. The predicted octanol–water partition coefficient (Wildman–Crippen LogP) is 2.43. The summed E-state index contributed by atoms with van der Waals surface area (Å²) < 4.78 is 19.7. The van der Waals surface area contributed by atoms with E-state index in [0.29, 0.717) is 22.9 Å². The molecular formula is C19H20N2O7. The molecule has 2 N–H and O–H groups in total. The molecule has 0 spiro atoms. The van der Waals surface area contributed by atoms with Gasteiger partial charge in [0.05, 0.1) is 25.6 Å². The summed E-state index contributed by atoms with van der Waals surface area (Å²) in [4.78, 5) is 34.8. The van der Waals surface area contributed by atoms with Gasteiger partial charge in [0.1, 0.15) is 11.5 Å². The second-order valence-corrected chi connectivity index (χ2v) is 5.30. The molecule has 9 heteroatoms. The van der Waals surface area contributed by atoms with Gasteiger partial charge in [0.2, 0.25) is 0 Å². The van der Waals surface area contributed by atoms with Crippen molar-refractivity contribution in [3.63, 3.8) is 0 Å². The Kier molecular flexibility index (Phi) is 7.64. The van der Waals surface area contributed by atoms with Crippen molar-refractivity contribution in [3.8, 4) is 11.5 Å². The Hall–Kier alpha value is -3.75. The molecule has 9 nitrogen and oxygen atoms in total. The van der Waals surface area contributed by atoms with Gasteiger partial charge in [-0.15, -0.1) is 0 Å². The van der Waals surface area contributed by atoms with Crippen LogP contribution in [0.1, 0.15) is 0 Å². The van der Waals surface area contributed by atoms with Crippen molar-refractivity contribution >= 4 is 29.3 Å². The average Bonchev–Trinajstić information content (AvgIpc) is 2.71. The number of methoxy groups -OCH3 is 2. The monoisotopic (exact) mass is 388 g/mol. The summed E-state index contributed by atoms with van der Waals surface area (Å²) in [6.07, 6.45) is 0. The van der Waals surface area contributed by atoms with Gasteiger partial charge < -0.3 is 29.6 Å². The van der Waals surface area contributed by atoms with Gasteiger partial charge in [-0.1, -0.05) is 24.3 Å². The fraction of sp³-hybridized carbons (Fsp3) is 0.211. The molecule has 2 aromatic rings.